The van der Waals surface area contributed by atoms with Gasteiger partial charge in [-0.2, -0.15) is 0 Å². The molecule has 0 unspecified atom stereocenters. The van der Waals surface area contributed by atoms with E-state index >= 15 is 0 Å². The molecule has 1 fully saturated rings. The van der Waals surface area contributed by atoms with Gasteiger partial charge in [-0.15, -0.1) is 6.58 Å². The lowest BCUT2D eigenvalue weighted by Gasteiger charge is -2.49. The van der Waals surface area contributed by atoms with Gasteiger partial charge in [0.05, 0.1) is 34.5 Å². The van der Waals surface area contributed by atoms with Gasteiger partial charge in [0.15, 0.2) is 23.0 Å². The van der Waals surface area contributed by atoms with Crippen LogP contribution in [0.5, 0.6) is 23.0 Å². The van der Waals surface area contributed by atoms with Crippen LogP contribution in [0.3, 0.4) is 0 Å². The molecule has 3 heterocycles. The quantitative estimate of drug-likeness (QED) is 0.324. The average Bonchev–Trinajstić information content (AvgIpc) is 3.01. The number of fused-ring (bicyclic) bond motifs is 4. The van der Waals surface area contributed by atoms with Crippen molar-refractivity contribution < 1.29 is 23.7 Å². The molecule has 2 aromatic carbocycles. The van der Waals surface area contributed by atoms with Crippen LogP contribution in [0.15, 0.2) is 36.9 Å². The van der Waals surface area contributed by atoms with Gasteiger partial charge in [0, 0.05) is 32.1 Å². The Balaban J connectivity index is 1.50. The second kappa shape index (κ2) is 12.8. The van der Waals surface area contributed by atoms with E-state index in [-0.39, 0.29) is 11.9 Å². The number of benzene rings is 2. The lowest BCUT2D eigenvalue weighted by molar-refractivity contribution is -0.134. The van der Waals surface area contributed by atoms with Gasteiger partial charge >= 0.3 is 0 Å². The zero-order valence-corrected chi connectivity index (χ0v) is 25.4. The molecule has 0 aromatic heterocycles. The highest BCUT2D eigenvalue weighted by molar-refractivity contribution is 5.77. The smallest absolute Gasteiger partial charge is 0.223 e. The summed E-state index contributed by atoms with van der Waals surface area (Å²) < 4.78 is 22.7. The Morgan fingerprint density at radius 3 is 2.07 bits per heavy atom. The fourth-order valence-electron chi connectivity index (χ4n) is 7.49. The van der Waals surface area contributed by atoms with Crippen molar-refractivity contribution in [1.29, 1.82) is 0 Å². The molecule has 3 aliphatic heterocycles. The molecule has 1 amide bonds. The van der Waals surface area contributed by atoms with E-state index < -0.39 is 0 Å². The highest BCUT2D eigenvalue weighted by Gasteiger charge is 2.42. The van der Waals surface area contributed by atoms with E-state index in [1.54, 1.807) is 28.4 Å². The van der Waals surface area contributed by atoms with E-state index in [9.17, 15) is 4.79 Å². The summed E-state index contributed by atoms with van der Waals surface area (Å²) >= 11 is 0. The zero-order valence-electron chi connectivity index (χ0n) is 25.4. The number of ether oxygens (including phenoxy) is 4. The maximum absolute atomic E-state index is 13.6. The number of methoxy groups -OCH3 is 4. The molecule has 0 N–H and O–H groups in total. The first-order valence-corrected chi connectivity index (χ1v) is 15.1. The van der Waals surface area contributed by atoms with Gasteiger partial charge in [-0.25, -0.2) is 0 Å². The van der Waals surface area contributed by atoms with Crippen LogP contribution in [-0.4, -0.2) is 63.8 Å². The molecule has 3 aliphatic rings. The number of hydrogen-bond donors (Lipinski definition) is 0. The third kappa shape index (κ3) is 5.66. The molecule has 0 bridgehead atoms. The SMILES string of the molecule is C=CCCC(=O)N1CCc2cc(OC)c(OC)cc2[C@H]1C[C@H]1C[C@H]2c3cc(OC)c(OC)cc3CCN2C[C@@H]1CC. The van der Waals surface area contributed by atoms with Gasteiger partial charge in [0.25, 0.3) is 0 Å². The maximum Gasteiger partial charge on any atom is 0.223 e. The number of nitrogens with zero attached hydrogens (tertiary/aromatic N) is 2. The summed E-state index contributed by atoms with van der Waals surface area (Å²) in [5.41, 5.74) is 5.18. The highest BCUT2D eigenvalue weighted by Crippen LogP contribution is 2.49. The summed E-state index contributed by atoms with van der Waals surface area (Å²) in [6.07, 6.45) is 8.00. The minimum absolute atomic E-state index is 0.00920. The summed E-state index contributed by atoms with van der Waals surface area (Å²) in [7, 11) is 6.78. The molecule has 7 nitrogen and oxygen atoms in total. The lowest BCUT2D eigenvalue weighted by atomic mass is 9.72. The van der Waals surface area contributed by atoms with Gasteiger partial charge in [-0.3, -0.25) is 9.69 Å². The van der Waals surface area contributed by atoms with E-state index in [2.05, 4.69) is 47.6 Å². The van der Waals surface area contributed by atoms with Gasteiger partial charge in [0.2, 0.25) is 5.91 Å². The van der Waals surface area contributed by atoms with Crippen LogP contribution in [0.4, 0.5) is 0 Å². The van der Waals surface area contributed by atoms with E-state index in [4.69, 9.17) is 18.9 Å². The van der Waals surface area contributed by atoms with E-state index in [0.29, 0.717) is 30.7 Å². The largest absolute Gasteiger partial charge is 0.493 e. The van der Waals surface area contributed by atoms with Crippen molar-refractivity contribution in [1.82, 2.24) is 9.80 Å². The number of allylic oxidation sites excluding steroid dienone is 1. The van der Waals surface area contributed by atoms with Crippen LogP contribution in [-0.2, 0) is 17.6 Å². The Bertz CT molecular complexity index is 1260. The van der Waals surface area contributed by atoms with E-state index in [1.165, 1.54) is 22.3 Å². The predicted molar refractivity (Wildman–Crippen MR) is 161 cm³/mol. The normalized spacial score (nSPS) is 23.6. The van der Waals surface area contributed by atoms with Crippen molar-refractivity contribution in [3.63, 3.8) is 0 Å². The summed E-state index contributed by atoms with van der Waals surface area (Å²) in [6, 6.07) is 8.95. The van der Waals surface area contributed by atoms with Gasteiger partial charge < -0.3 is 23.8 Å². The minimum Gasteiger partial charge on any atom is -0.493 e. The van der Waals surface area contributed by atoms with Crippen molar-refractivity contribution in [3.05, 3.63) is 59.2 Å². The second-order valence-corrected chi connectivity index (χ2v) is 11.7. The molecule has 222 valence electrons. The fourth-order valence-corrected chi connectivity index (χ4v) is 7.49. The summed E-state index contributed by atoms with van der Waals surface area (Å²) in [4.78, 5) is 18.4. The maximum atomic E-state index is 13.6. The van der Waals surface area contributed by atoms with Crippen molar-refractivity contribution in [2.75, 3.05) is 48.1 Å². The molecule has 1 saturated heterocycles. The zero-order chi connectivity index (χ0) is 29.1. The predicted octanol–water partition coefficient (Wildman–Crippen LogP) is 6.15. The molecule has 0 spiro atoms. The van der Waals surface area contributed by atoms with Crippen LogP contribution < -0.4 is 18.9 Å². The first kappa shape index (κ1) is 29.3. The molecule has 5 rings (SSSR count). The Labute approximate surface area is 245 Å². The second-order valence-electron chi connectivity index (χ2n) is 11.7. The Morgan fingerprint density at radius 2 is 1.46 bits per heavy atom. The topological polar surface area (TPSA) is 60.5 Å². The highest BCUT2D eigenvalue weighted by atomic mass is 16.5. The lowest BCUT2D eigenvalue weighted by Crippen LogP contribution is -2.47. The third-order valence-corrected chi connectivity index (χ3v) is 9.71. The van der Waals surface area contributed by atoms with Crippen LogP contribution in [0, 0.1) is 11.8 Å². The van der Waals surface area contributed by atoms with Gasteiger partial charge in [-0.1, -0.05) is 19.4 Å². The summed E-state index contributed by atoms with van der Waals surface area (Å²) in [5, 5.41) is 0. The van der Waals surface area contributed by atoms with Crippen molar-refractivity contribution in [2.24, 2.45) is 11.8 Å². The summed E-state index contributed by atoms with van der Waals surface area (Å²) in [5.74, 6) is 4.32. The van der Waals surface area contributed by atoms with E-state index in [0.717, 1.165) is 74.7 Å². The fraction of sp³-hybridized carbons (Fsp3) is 0.559. The van der Waals surface area contributed by atoms with E-state index in [1.807, 2.05) is 6.08 Å². The number of rotatable bonds is 10. The van der Waals surface area contributed by atoms with Gasteiger partial charge in [-0.05, 0) is 90.5 Å². The molecule has 2 aromatic rings. The molecule has 41 heavy (non-hydrogen) atoms. The number of carbonyl (C=O) groups excluding carboxylic acids is 1. The minimum atomic E-state index is 0.00920. The van der Waals surface area contributed by atoms with Crippen LogP contribution in [0.1, 0.15) is 73.4 Å². The number of amides is 1. The molecular formula is C34H46N2O5. The standard InChI is InChI=1S/C34H46N2O5/c1-7-9-10-34(37)36-14-12-24-18-31(39-4)33(41-6)20-27(24)29(36)16-25-15-28-26-19-32(40-5)30(38-3)17-23(26)11-13-35(28)21-22(25)8-2/h7,17-20,22,25,28-29H,1,8-16,21H2,2-6H3/t22-,25+,28-,29+/m0/s1. The third-order valence-electron chi connectivity index (χ3n) is 9.71. The molecule has 0 aliphatic carbocycles. The van der Waals surface area contributed by atoms with Crippen molar-refractivity contribution in [2.45, 2.75) is 64.0 Å². The van der Waals surface area contributed by atoms with Crippen LogP contribution in [0.25, 0.3) is 0 Å². The molecule has 0 radical (unpaired) electrons. The first-order chi connectivity index (χ1) is 20.0. The average molecular weight is 563 g/mol. The Hall–Kier alpha value is -3.19. The van der Waals surface area contributed by atoms with Crippen LogP contribution in [0.2, 0.25) is 0 Å². The molecular weight excluding hydrogens is 516 g/mol. The molecule has 7 heteroatoms. The summed E-state index contributed by atoms with van der Waals surface area (Å²) in [6.45, 7) is 9.03. The first-order valence-electron chi connectivity index (χ1n) is 15.1. The Morgan fingerprint density at radius 1 is 0.878 bits per heavy atom. The number of hydrogen-bond acceptors (Lipinski definition) is 6. The monoisotopic (exact) mass is 562 g/mol. The van der Waals surface area contributed by atoms with Crippen LogP contribution >= 0.6 is 0 Å². The molecule has 0 saturated carbocycles. The van der Waals surface area contributed by atoms with Crippen molar-refractivity contribution >= 4 is 5.91 Å². The van der Waals surface area contributed by atoms with Gasteiger partial charge in [0.1, 0.15) is 0 Å². The number of piperidine rings is 1. The Kier molecular flexibility index (Phi) is 9.12. The molecule has 4 atom stereocenters. The number of carbonyl (C=O) groups is 1. The van der Waals surface area contributed by atoms with Crippen molar-refractivity contribution in [3.8, 4) is 23.0 Å².